The molecule has 1 heterocycles. The Balaban J connectivity index is 2.68. The van der Waals surface area contributed by atoms with E-state index < -0.39 is 67.3 Å². The van der Waals surface area contributed by atoms with Crippen molar-refractivity contribution in [2.45, 2.75) is 314 Å². The number of unbranched alkanes of at least 4 members (excludes halogenated alkanes) is 25. The maximum Gasteiger partial charge on any atom is 0.335 e. The van der Waals surface area contributed by atoms with Gasteiger partial charge in [-0.05, 0) is 128 Å². The van der Waals surface area contributed by atoms with Crippen LogP contribution in [-0.2, 0) is 42.9 Å². The SMILES string of the molecule is CC/C=C\C/C=C\C/C=C\C/C=C\CCCCCCCCC(=O)OCC(COC1OC(C(=O)O)C(O)C(O)C1OC(=O)CCCCCCCCC/C=C\C/C=C\CCCCC)OC(=O)CCCCCCCC/C=C\C/C=C\C/C=C\CCCCC. The summed E-state index contributed by atoms with van der Waals surface area (Å²) in [7, 11) is 0. The molecular weight excluding hydrogens is 1070 g/mol. The van der Waals surface area contributed by atoms with E-state index in [-0.39, 0.29) is 25.9 Å². The molecule has 0 bridgehead atoms. The fourth-order valence-corrected chi connectivity index (χ4v) is 9.63. The number of aliphatic hydroxyl groups excluding tert-OH is 2. The summed E-state index contributed by atoms with van der Waals surface area (Å²) < 4.78 is 28.6. The lowest BCUT2D eigenvalue weighted by Gasteiger charge is -2.40. The lowest BCUT2D eigenvalue weighted by Crippen LogP contribution is -2.61. The van der Waals surface area contributed by atoms with E-state index in [1.165, 1.54) is 44.9 Å². The first-order valence-corrected chi connectivity index (χ1v) is 33.9. The molecule has 0 saturated carbocycles. The third-order valence-electron chi connectivity index (χ3n) is 14.8. The molecule has 12 heteroatoms. The minimum Gasteiger partial charge on any atom is -0.479 e. The van der Waals surface area contributed by atoms with Crippen LogP contribution in [0.15, 0.2) is 109 Å². The number of allylic oxidation sites excluding steroid dienone is 18. The highest BCUT2D eigenvalue weighted by atomic mass is 16.7. The van der Waals surface area contributed by atoms with E-state index in [1.54, 1.807) is 0 Å². The Hall–Kier alpha value is -4.62. The van der Waals surface area contributed by atoms with E-state index in [1.807, 2.05) is 0 Å². The van der Waals surface area contributed by atoms with Crippen LogP contribution in [0.4, 0.5) is 0 Å². The lowest BCUT2D eigenvalue weighted by molar-refractivity contribution is -0.301. The fraction of sp³-hybridized carbons (Fsp3) is 0.699. The molecule has 0 spiro atoms. The summed E-state index contributed by atoms with van der Waals surface area (Å²) in [5.41, 5.74) is 0. The summed E-state index contributed by atoms with van der Waals surface area (Å²) >= 11 is 0. The molecule has 0 aromatic carbocycles. The predicted molar refractivity (Wildman–Crippen MR) is 349 cm³/mol. The summed E-state index contributed by atoms with van der Waals surface area (Å²) in [6.45, 7) is 5.83. The second-order valence-corrected chi connectivity index (χ2v) is 22.7. The molecule has 1 fully saturated rings. The van der Waals surface area contributed by atoms with Crippen LogP contribution in [0.25, 0.3) is 0 Å². The van der Waals surface area contributed by atoms with Crippen molar-refractivity contribution < 1.29 is 58.2 Å². The number of ether oxygens (including phenoxy) is 5. The van der Waals surface area contributed by atoms with Crippen molar-refractivity contribution in [3.8, 4) is 0 Å². The molecule has 85 heavy (non-hydrogen) atoms. The Bertz CT molecular complexity index is 1890. The molecular formula is C73H120O12. The molecule has 0 radical (unpaired) electrons. The molecule has 1 rings (SSSR count). The average Bonchev–Trinajstić information content (AvgIpc) is 3.46. The van der Waals surface area contributed by atoms with Crippen LogP contribution < -0.4 is 0 Å². The molecule has 12 nitrogen and oxygen atoms in total. The Morgan fingerprint density at radius 2 is 0.741 bits per heavy atom. The van der Waals surface area contributed by atoms with Crippen molar-refractivity contribution in [3.63, 3.8) is 0 Å². The van der Waals surface area contributed by atoms with Crippen molar-refractivity contribution in [1.82, 2.24) is 0 Å². The van der Waals surface area contributed by atoms with Gasteiger partial charge in [0.05, 0.1) is 6.61 Å². The summed E-state index contributed by atoms with van der Waals surface area (Å²) in [5.74, 6) is -3.16. The molecule has 0 aliphatic carbocycles. The Labute approximate surface area is 516 Å². The van der Waals surface area contributed by atoms with Gasteiger partial charge < -0.3 is 39.0 Å². The maximum absolute atomic E-state index is 13.2. The first kappa shape index (κ1) is 78.4. The maximum atomic E-state index is 13.2. The molecule has 1 aliphatic rings. The Morgan fingerprint density at radius 1 is 0.400 bits per heavy atom. The quantitative estimate of drug-likeness (QED) is 0.0228. The third kappa shape index (κ3) is 49.1. The highest BCUT2D eigenvalue weighted by Gasteiger charge is 2.50. The van der Waals surface area contributed by atoms with Crippen LogP contribution >= 0.6 is 0 Å². The molecule has 3 N–H and O–H groups in total. The van der Waals surface area contributed by atoms with Crippen LogP contribution in [0.5, 0.6) is 0 Å². The zero-order valence-corrected chi connectivity index (χ0v) is 53.6. The molecule has 484 valence electrons. The van der Waals surface area contributed by atoms with Gasteiger partial charge in [-0.25, -0.2) is 4.79 Å². The zero-order valence-electron chi connectivity index (χ0n) is 53.6. The third-order valence-corrected chi connectivity index (χ3v) is 14.8. The topological polar surface area (TPSA) is 175 Å². The summed E-state index contributed by atoms with van der Waals surface area (Å²) in [5, 5.41) is 31.6. The van der Waals surface area contributed by atoms with Crippen LogP contribution in [-0.4, -0.2) is 89.2 Å². The van der Waals surface area contributed by atoms with Crippen molar-refractivity contribution in [3.05, 3.63) is 109 Å². The summed E-state index contributed by atoms with van der Waals surface area (Å²) in [4.78, 5) is 51.4. The van der Waals surface area contributed by atoms with Gasteiger partial charge in [-0.1, -0.05) is 239 Å². The standard InChI is InChI=1S/C73H120O12/c1-4-7-10-13-16-19-22-25-28-31-33-36-38-41-44-47-50-53-56-59-65(74)81-62-64(83-66(75)60-57-54-51-48-45-42-40-37-34-32-29-26-23-20-17-14-11-8-5-2)63-82-73-71(69(78)68(77)70(85-73)72(79)80)84-67(76)61-58-55-52-49-46-43-39-35-30-27-24-21-18-15-12-9-6-3/h7,10,16-21,25-30,33-34,36-37,64,68-71,73,77-78H,4-6,8-9,11-15,22-24,31-32,35,38-63H2,1-3H3,(H,79,80)/b10-7-,19-16-,20-17-,21-18-,28-25-,29-26-,30-27-,36-33-,37-34-. The number of esters is 3. The van der Waals surface area contributed by atoms with Gasteiger partial charge in [-0.3, -0.25) is 14.4 Å². The fourth-order valence-electron chi connectivity index (χ4n) is 9.63. The number of rotatable bonds is 57. The van der Waals surface area contributed by atoms with E-state index in [4.69, 9.17) is 23.7 Å². The Kier molecular flexibility index (Phi) is 55.1. The Morgan fingerprint density at radius 3 is 1.13 bits per heavy atom. The first-order chi connectivity index (χ1) is 41.6. The van der Waals surface area contributed by atoms with Crippen molar-refractivity contribution >= 4 is 23.9 Å². The summed E-state index contributed by atoms with van der Waals surface area (Å²) in [6.07, 6.45) is 68.8. The van der Waals surface area contributed by atoms with Crippen molar-refractivity contribution in [2.24, 2.45) is 0 Å². The van der Waals surface area contributed by atoms with E-state index in [9.17, 15) is 34.5 Å². The predicted octanol–water partition coefficient (Wildman–Crippen LogP) is 18.6. The monoisotopic (exact) mass is 1190 g/mol. The highest BCUT2D eigenvalue weighted by Crippen LogP contribution is 2.27. The van der Waals surface area contributed by atoms with Gasteiger partial charge in [-0.15, -0.1) is 0 Å². The second-order valence-electron chi connectivity index (χ2n) is 22.7. The van der Waals surface area contributed by atoms with Gasteiger partial charge in [-0.2, -0.15) is 0 Å². The molecule has 0 amide bonds. The van der Waals surface area contributed by atoms with Crippen molar-refractivity contribution in [1.29, 1.82) is 0 Å². The number of hydrogen-bond donors (Lipinski definition) is 3. The van der Waals surface area contributed by atoms with E-state index >= 15 is 0 Å². The van der Waals surface area contributed by atoms with E-state index in [0.29, 0.717) is 19.3 Å². The minimum absolute atomic E-state index is 0.0440. The van der Waals surface area contributed by atoms with Crippen LogP contribution in [0.2, 0.25) is 0 Å². The molecule has 1 aliphatic heterocycles. The summed E-state index contributed by atoms with van der Waals surface area (Å²) in [6, 6.07) is 0. The average molecular weight is 1190 g/mol. The van der Waals surface area contributed by atoms with Gasteiger partial charge in [0.25, 0.3) is 0 Å². The van der Waals surface area contributed by atoms with Crippen LogP contribution in [0, 0.1) is 0 Å². The normalized spacial score (nSPS) is 18.2. The van der Waals surface area contributed by atoms with Gasteiger partial charge in [0.1, 0.15) is 18.8 Å². The van der Waals surface area contributed by atoms with Gasteiger partial charge >= 0.3 is 23.9 Å². The molecule has 6 atom stereocenters. The smallest absolute Gasteiger partial charge is 0.335 e. The molecule has 0 aromatic rings. The van der Waals surface area contributed by atoms with Gasteiger partial charge in [0, 0.05) is 19.3 Å². The number of carboxylic acids is 1. The first-order valence-electron chi connectivity index (χ1n) is 33.9. The van der Waals surface area contributed by atoms with E-state index in [0.717, 1.165) is 173 Å². The molecule has 6 unspecified atom stereocenters. The lowest BCUT2D eigenvalue weighted by atomic mass is 9.98. The number of aliphatic carboxylic acids is 1. The zero-order chi connectivity index (χ0) is 61.7. The second kappa shape index (κ2) is 59.7. The van der Waals surface area contributed by atoms with Gasteiger partial charge in [0.2, 0.25) is 0 Å². The number of hydrogen-bond acceptors (Lipinski definition) is 11. The van der Waals surface area contributed by atoms with Crippen LogP contribution in [0.3, 0.4) is 0 Å². The largest absolute Gasteiger partial charge is 0.479 e. The molecule has 1 saturated heterocycles. The van der Waals surface area contributed by atoms with Crippen molar-refractivity contribution in [2.75, 3.05) is 13.2 Å². The highest BCUT2D eigenvalue weighted by molar-refractivity contribution is 5.74. The van der Waals surface area contributed by atoms with E-state index in [2.05, 4.69) is 130 Å². The van der Waals surface area contributed by atoms with Gasteiger partial charge in [0.15, 0.2) is 24.6 Å². The minimum atomic E-state index is -1.92. The van der Waals surface area contributed by atoms with Crippen LogP contribution in [0.1, 0.15) is 278 Å². The number of carbonyl (C=O) groups excluding carboxylic acids is 3. The number of carbonyl (C=O) groups is 4. The molecule has 0 aromatic heterocycles. The number of aliphatic hydroxyl groups is 2. The number of carboxylic acid groups (broad SMARTS) is 1.